The summed E-state index contributed by atoms with van der Waals surface area (Å²) in [5.41, 5.74) is 7.38. The largest absolute Gasteiger partial charge is 0.508 e. The van der Waals surface area contributed by atoms with E-state index in [1.165, 1.54) is 24.3 Å². The summed E-state index contributed by atoms with van der Waals surface area (Å²) >= 11 is 0. The predicted molar refractivity (Wildman–Crippen MR) is 251 cm³/mol. The third-order valence-electron chi connectivity index (χ3n) is 13.0. The first-order valence-electron chi connectivity index (χ1n) is 21.8. The van der Waals surface area contributed by atoms with Crippen LogP contribution in [0.2, 0.25) is 0 Å². The Morgan fingerprint density at radius 3 is 1.21 bits per heavy atom. The summed E-state index contributed by atoms with van der Waals surface area (Å²) in [5, 5.41) is 96.0. The van der Waals surface area contributed by atoms with Gasteiger partial charge in [-0.2, -0.15) is 0 Å². The van der Waals surface area contributed by atoms with Crippen LogP contribution in [0.15, 0.2) is 152 Å². The van der Waals surface area contributed by atoms with E-state index in [1.54, 1.807) is 109 Å². The Balaban J connectivity index is 1.05. The van der Waals surface area contributed by atoms with Gasteiger partial charge in [0.25, 0.3) is 0 Å². The molecule has 0 radical (unpaired) electrons. The van der Waals surface area contributed by atoms with Crippen LogP contribution in [0, 0.1) is 0 Å². The molecule has 0 saturated heterocycles. The highest BCUT2D eigenvalue weighted by molar-refractivity contribution is 5.76. The van der Waals surface area contributed by atoms with Gasteiger partial charge in [0.05, 0.1) is 17.8 Å². The fourth-order valence-corrected chi connectivity index (χ4v) is 10.2. The number of fused-ring (bicyclic) bond motifs is 3. The van der Waals surface area contributed by atoms with Crippen LogP contribution in [0.5, 0.6) is 69.0 Å². The first kappa shape index (κ1) is 41.8. The van der Waals surface area contributed by atoms with Crippen molar-refractivity contribution in [3.05, 3.63) is 213 Å². The Hall–Kier alpha value is -8.90. The molecule has 68 heavy (non-hydrogen) atoms. The first-order valence-corrected chi connectivity index (χ1v) is 21.8. The second kappa shape index (κ2) is 16.2. The van der Waals surface area contributed by atoms with Crippen LogP contribution in [0.4, 0.5) is 0 Å². The number of phenols is 9. The summed E-state index contributed by atoms with van der Waals surface area (Å²) in [5.74, 6) is -0.981. The summed E-state index contributed by atoms with van der Waals surface area (Å²) in [6, 6.07) is 40.7. The van der Waals surface area contributed by atoms with E-state index >= 15 is 0 Å². The molecule has 338 valence electrons. The van der Waals surface area contributed by atoms with Crippen LogP contribution in [-0.2, 0) is 0 Å². The molecular weight excluding hydrogens is 865 g/mol. The van der Waals surface area contributed by atoms with E-state index in [9.17, 15) is 46.0 Å². The highest BCUT2D eigenvalue weighted by atomic mass is 16.5. The van der Waals surface area contributed by atoms with Gasteiger partial charge in [0, 0.05) is 41.0 Å². The molecule has 8 aromatic carbocycles. The summed E-state index contributed by atoms with van der Waals surface area (Å²) in [6.45, 7) is 0. The average molecular weight is 907 g/mol. The maximum absolute atomic E-state index is 11.5. The van der Waals surface area contributed by atoms with Gasteiger partial charge in [0.1, 0.15) is 87.3 Å². The molecule has 11 rings (SSSR count). The lowest BCUT2D eigenvalue weighted by molar-refractivity contribution is 0.220. The fourth-order valence-electron chi connectivity index (χ4n) is 10.2. The molecule has 12 heteroatoms. The number of benzene rings is 8. The molecule has 3 heterocycles. The van der Waals surface area contributed by atoms with Crippen molar-refractivity contribution in [1.82, 2.24) is 0 Å². The lowest BCUT2D eigenvalue weighted by Gasteiger charge is -2.26. The molecule has 6 atom stereocenters. The fraction of sp³-hybridized carbons (Fsp3) is 0.107. The quantitative estimate of drug-likeness (QED) is 0.0652. The Labute approximate surface area is 389 Å². The van der Waals surface area contributed by atoms with Crippen molar-refractivity contribution in [2.75, 3.05) is 0 Å². The Bertz CT molecular complexity index is 3250. The molecule has 3 aliphatic rings. The molecule has 0 saturated carbocycles. The third kappa shape index (κ3) is 7.47. The van der Waals surface area contributed by atoms with Crippen molar-refractivity contribution in [2.24, 2.45) is 0 Å². The van der Waals surface area contributed by atoms with Gasteiger partial charge >= 0.3 is 0 Å². The standard InChI is InChI=1S/C56H42O12/c57-35-10-4-29(5-11-35)54-50(33-19-38(60)23-39(61)20-33)49-32(18-42(64)26-47(49)67-54)3-1-28-2-16-46-44(17-28)52(56(66-46)31-8-14-37(59)15-9-31)45-25-43(65)27-48-53(45)51(34-21-40(62)24-41(63)22-34)55(68-48)30-6-12-36(58)13-7-30/h1-27,50-52,54-65H/t50-,51-,52+,54+,55+,56-/m0/s1. The summed E-state index contributed by atoms with van der Waals surface area (Å²) < 4.78 is 20.0. The zero-order valence-electron chi connectivity index (χ0n) is 35.8. The van der Waals surface area contributed by atoms with E-state index in [4.69, 9.17) is 14.2 Å². The highest BCUT2D eigenvalue weighted by Crippen LogP contribution is 2.59. The number of rotatable bonds is 8. The van der Waals surface area contributed by atoms with E-state index in [1.807, 2.05) is 30.4 Å². The van der Waals surface area contributed by atoms with Crippen LogP contribution in [0.3, 0.4) is 0 Å². The topological polar surface area (TPSA) is 210 Å². The number of hydrogen-bond donors (Lipinski definition) is 9. The third-order valence-corrected chi connectivity index (χ3v) is 13.0. The van der Waals surface area contributed by atoms with Gasteiger partial charge in [-0.3, -0.25) is 0 Å². The maximum atomic E-state index is 11.5. The minimum absolute atomic E-state index is 0.0494. The highest BCUT2D eigenvalue weighted by Gasteiger charge is 2.46. The van der Waals surface area contributed by atoms with Gasteiger partial charge in [-0.05, 0) is 129 Å². The van der Waals surface area contributed by atoms with E-state index in [0.29, 0.717) is 56.2 Å². The molecule has 0 aromatic heterocycles. The predicted octanol–water partition coefficient (Wildman–Crippen LogP) is 11.0. The number of ether oxygens (including phenoxy) is 3. The minimum atomic E-state index is -0.718. The lowest BCUT2D eigenvalue weighted by Crippen LogP contribution is -2.16. The minimum Gasteiger partial charge on any atom is -0.508 e. The van der Waals surface area contributed by atoms with Crippen LogP contribution in [0.25, 0.3) is 12.2 Å². The Morgan fingerprint density at radius 1 is 0.294 bits per heavy atom. The van der Waals surface area contributed by atoms with Crippen LogP contribution >= 0.6 is 0 Å². The number of aromatic hydroxyl groups is 9. The zero-order chi connectivity index (χ0) is 47.0. The van der Waals surface area contributed by atoms with E-state index in [0.717, 1.165) is 22.3 Å². The Morgan fingerprint density at radius 2 is 0.706 bits per heavy atom. The van der Waals surface area contributed by atoms with Crippen molar-refractivity contribution >= 4 is 12.2 Å². The monoisotopic (exact) mass is 906 g/mol. The molecule has 0 aliphatic carbocycles. The van der Waals surface area contributed by atoms with Gasteiger partial charge in [0.15, 0.2) is 0 Å². The van der Waals surface area contributed by atoms with Crippen molar-refractivity contribution in [3.8, 4) is 69.0 Å². The summed E-state index contributed by atoms with van der Waals surface area (Å²) in [7, 11) is 0. The molecule has 0 unspecified atom stereocenters. The Kier molecular flexibility index (Phi) is 9.96. The van der Waals surface area contributed by atoms with Gasteiger partial charge in [-0.15, -0.1) is 0 Å². The molecule has 0 amide bonds. The van der Waals surface area contributed by atoms with Crippen LogP contribution in [-0.4, -0.2) is 46.0 Å². The maximum Gasteiger partial charge on any atom is 0.135 e. The van der Waals surface area contributed by atoms with Crippen molar-refractivity contribution < 1.29 is 60.2 Å². The molecular formula is C56H42O12. The van der Waals surface area contributed by atoms with Gasteiger partial charge in [-0.1, -0.05) is 54.6 Å². The van der Waals surface area contributed by atoms with E-state index in [-0.39, 0.29) is 51.7 Å². The lowest BCUT2D eigenvalue weighted by atomic mass is 9.76. The molecule has 12 nitrogen and oxygen atoms in total. The molecule has 0 fully saturated rings. The zero-order valence-corrected chi connectivity index (χ0v) is 35.8. The molecule has 3 aliphatic heterocycles. The van der Waals surface area contributed by atoms with Crippen molar-refractivity contribution in [2.45, 2.75) is 36.1 Å². The van der Waals surface area contributed by atoms with Crippen molar-refractivity contribution in [3.63, 3.8) is 0 Å². The summed E-state index contributed by atoms with van der Waals surface area (Å²) in [4.78, 5) is 0. The first-order chi connectivity index (χ1) is 32.8. The van der Waals surface area contributed by atoms with Gasteiger partial charge in [-0.25, -0.2) is 0 Å². The van der Waals surface area contributed by atoms with Gasteiger partial charge < -0.3 is 60.2 Å². The van der Waals surface area contributed by atoms with E-state index < -0.39 is 36.1 Å². The number of hydrogen-bond acceptors (Lipinski definition) is 12. The SMILES string of the molecule is Oc1ccc([C@H]2Oc3cc(O)cc(C=Cc4ccc5c(c4)[C@H](c4cc(O)cc6c4[C@H](c4cc(O)cc(O)c4)[C@@H](c4ccc(O)cc4)O6)[C@H](c4ccc(O)cc4)O5)c3[C@@H]2c2cc(O)cc(O)c2)cc1. The average Bonchev–Trinajstić information content (AvgIpc) is 4.00. The second-order valence-corrected chi connectivity index (χ2v) is 17.4. The van der Waals surface area contributed by atoms with E-state index in [2.05, 4.69) is 0 Å². The van der Waals surface area contributed by atoms with Crippen LogP contribution in [0.1, 0.15) is 97.3 Å². The normalized spacial score (nSPS) is 20.0. The molecule has 0 spiro atoms. The second-order valence-electron chi connectivity index (χ2n) is 17.4. The molecule has 8 aromatic rings. The van der Waals surface area contributed by atoms with Gasteiger partial charge in [0.2, 0.25) is 0 Å². The molecule has 0 bridgehead atoms. The van der Waals surface area contributed by atoms with Crippen LogP contribution < -0.4 is 14.2 Å². The number of phenolic OH excluding ortho intramolecular Hbond substituents is 9. The molecule has 9 N–H and O–H groups in total. The van der Waals surface area contributed by atoms with Crippen molar-refractivity contribution in [1.29, 1.82) is 0 Å². The summed E-state index contributed by atoms with van der Waals surface area (Å²) in [6.07, 6.45) is 1.69. The smallest absolute Gasteiger partial charge is 0.135 e.